The molecule has 0 aliphatic carbocycles. The highest BCUT2D eigenvalue weighted by molar-refractivity contribution is 5.70. The van der Waals surface area contributed by atoms with Gasteiger partial charge in [-0.2, -0.15) is 0 Å². The summed E-state index contributed by atoms with van der Waals surface area (Å²) in [5, 5.41) is 0. The van der Waals surface area contributed by atoms with E-state index in [1.165, 1.54) is 32.1 Å². The fraction of sp³-hybridized carbons (Fsp3) is 0.833. The molecule has 0 radical (unpaired) electrons. The van der Waals surface area contributed by atoms with E-state index in [1.807, 2.05) is 25.7 Å². The van der Waals surface area contributed by atoms with Crippen LogP contribution in [0.4, 0.5) is 4.79 Å². The van der Waals surface area contributed by atoms with Crippen molar-refractivity contribution in [1.82, 2.24) is 4.90 Å². The van der Waals surface area contributed by atoms with Crippen LogP contribution in [0.2, 0.25) is 0 Å². The Kier molecular flexibility index (Phi) is 5.34. The molecule has 2 heterocycles. The molecule has 0 aromatic carbocycles. The number of amides is 1. The molecule has 2 bridgehead atoms. The Hall–Kier alpha value is -0.990. The summed E-state index contributed by atoms with van der Waals surface area (Å²) >= 11 is 0. The molecule has 21 heavy (non-hydrogen) atoms. The molecule has 1 amide bonds. The predicted molar refractivity (Wildman–Crippen MR) is 86.3 cm³/mol. The molecule has 0 saturated carbocycles. The minimum Gasteiger partial charge on any atom is -0.444 e. The highest BCUT2D eigenvalue weighted by Gasteiger charge is 2.38. The Labute approximate surface area is 129 Å². The molecule has 0 aromatic heterocycles. The van der Waals surface area contributed by atoms with Crippen LogP contribution in [-0.4, -0.2) is 28.7 Å². The van der Waals surface area contributed by atoms with E-state index in [0.29, 0.717) is 6.04 Å². The van der Waals surface area contributed by atoms with Gasteiger partial charge in [-0.25, -0.2) is 4.79 Å². The van der Waals surface area contributed by atoms with Gasteiger partial charge in [-0.05, 0) is 59.3 Å². The lowest BCUT2D eigenvalue weighted by Crippen LogP contribution is -2.53. The molecule has 0 aromatic rings. The van der Waals surface area contributed by atoms with Gasteiger partial charge in [-0.15, -0.1) is 0 Å². The van der Waals surface area contributed by atoms with Gasteiger partial charge in [0.2, 0.25) is 0 Å². The van der Waals surface area contributed by atoms with Gasteiger partial charge in [0.15, 0.2) is 0 Å². The molecule has 3 heteroatoms. The minimum atomic E-state index is -0.406. The maximum atomic E-state index is 12.5. The lowest BCUT2D eigenvalue weighted by molar-refractivity contribution is -0.00159. The highest BCUT2D eigenvalue weighted by Crippen LogP contribution is 2.35. The van der Waals surface area contributed by atoms with Crippen LogP contribution in [0.5, 0.6) is 0 Å². The molecule has 0 N–H and O–H groups in total. The molecule has 2 aliphatic heterocycles. The third-order valence-corrected chi connectivity index (χ3v) is 4.42. The number of piperidine rings is 1. The van der Waals surface area contributed by atoms with Crippen LogP contribution < -0.4 is 0 Å². The van der Waals surface area contributed by atoms with Crippen molar-refractivity contribution < 1.29 is 9.53 Å². The predicted octanol–water partition coefficient (Wildman–Crippen LogP) is 5.06. The second kappa shape index (κ2) is 6.85. The molecule has 2 atom stereocenters. The summed E-state index contributed by atoms with van der Waals surface area (Å²) in [5.74, 6) is 0. The summed E-state index contributed by atoms with van der Waals surface area (Å²) < 4.78 is 5.61. The van der Waals surface area contributed by atoms with Crippen LogP contribution in [0.15, 0.2) is 11.6 Å². The SMILES string of the molecule is CCCCCC1=CC2CCCC(C1)N2C(=O)OC(C)(C)C. The van der Waals surface area contributed by atoms with Gasteiger partial charge in [-0.3, -0.25) is 4.90 Å². The normalized spacial score (nSPS) is 25.5. The molecule has 3 nitrogen and oxygen atoms in total. The Morgan fingerprint density at radius 3 is 2.71 bits per heavy atom. The number of ether oxygens (including phenoxy) is 1. The number of fused-ring (bicyclic) bond motifs is 2. The van der Waals surface area contributed by atoms with E-state index in [2.05, 4.69) is 13.0 Å². The topological polar surface area (TPSA) is 29.5 Å². The zero-order valence-corrected chi connectivity index (χ0v) is 14.2. The first kappa shape index (κ1) is 16.4. The molecule has 2 unspecified atom stereocenters. The third kappa shape index (κ3) is 4.49. The van der Waals surface area contributed by atoms with E-state index in [9.17, 15) is 4.79 Å². The molecule has 1 saturated heterocycles. The first-order valence-electron chi connectivity index (χ1n) is 8.61. The zero-order chi connectivity index (χ0) is 15.5. The summed E-state index contributed by atoms with van der Waals surface area (Å²) in [6.45, 7) is 8.07. The quantitative estimate of drug-likeness (QED) is 0.536. The van der Waals surface area contributed by atoms with Crippen molar-refractivity contribution in [3.8, 4) is 0 Å². The van der Waals surface area contributed by atoms with E-state index >= 15 is 0 Å². The number of nitrogens with zero attached hydrogens (tertiary/aromatic N) is 1. The maximum absolute atomic E-state index is 12.5. The van der Waals surface area contributed by atoms with E-state index in [1.54, 1.807) is 5.57 Å². The molecule has 120 valence electrons. The Morgan fingerprint density at radius 1 is 1.33 bits per heavy atom. The highest BCUT2D eigenvalue weighted by atomic mass is 16.6. The third-order valence-electron chi connectivity index (χ3n) is 4.42. The van der Waals surface area contributed by atoms with E-state index < -0.39 is 5.60 Å². The summed E-state index contributed by atoms with van der Waals surface area (Å²) in [4.78, 5) is 14.5. The number of hydrogen-bond acceptors (Lipinski definition) is 2. The maximum Gasteiger partial charge on any atom is 0.411 e. The Morgan fingerprint density at radius 2 is 2.10 bits per heavy atom. The summed E-state index contributed by atoms with van der Waals surface area (Å²) in [7, 11) is 0. The number of carbonyl (C=O) groups excluding carboxylic acids is 1. The van der Waals surface area contributed by atoms with Crippen molar-refractivity contribution in [1.29, 1.82) is 0 Å². The fourth-order valence-corrected chi connectivity index (χ4v) is 3.50. The zero-order valence-electron chi connectivity index (χ0n) is 14.2. The van der Waals surface area contributed by atoms with Gasteiger partial charge in [-0.1, -0.05) is 31.4 Å². The second-order valence-electron chi connectivity index (χ2n) is 7.53. The van der Waals surface area contributed by atoms with Gasteiger partial charge in [0.1, 0.15) is 5.60 Å². The van der Waals surface area contributed by atoms with Gasteiger partial charge in [0.25, 0.3) is 0 Å². The summed E-state index contributed by atoms with van der Waals surface area (Å²) in [5.41, 5.74) is 1.16. The van der Waals surface area contributed by atoms with Crippen molar-refractivity contribution >= 4 is 6.09 Å². The summed E-state index contributed by atoms with van der Waals surface area (Å²) in [6.07, 6.45) is 11.8. The average molecular weight is 293 g/mol. The monoisotopic (exact) mass is 293 g/mol. The standard InChI is InChI=1S/C18H31NO2/c1-5-6-7-9-14-12-15-10-8-11-16(13-14)19(15)17(20)21-18(2,3)4/h12,15-16H,5-11,13H2,1-4H3. The van der Waals surface area contributed by atoms with E-state index in [-0.39, 0.29) is 12.1 Å². The first-order valence-corrected chi connectivity index (χ1v) is 8.61. The van der Waals surface area contributed by atoms with Gasteiger partial charge < -0.3 is 4.74 Å². The van der Waals surface area contributed by atoms with Gasteiger partial charge >= 0.3 is 6.09 Å². The van der Waals surface area contributed by atoms with Crippen LogP contribution in [0.25, 0.3) is 0 Å². The van der Waals surface area contributed by atoms with Crippen LogP contribution in [0, 0.1) is 0 Å². The Balaban J connectivity index is 2.03. The number of rotatable bonds is 4. The molecule has 1 fully saturated rings. The molecule has 2 rings (SSSR count). The van der Waals surface area contributed by atoms with Crippen molar-refractivity contribution in [2.24, 2.45) is 0 Å². The molecular formula is C18H31NO2. The van der Waals surface area contributed by atoms with Crippen LogP contribution in [0.3, 0.4) is 0 Å². The first-order chi connectivity index (χ1) is 9.90. The second-order valence-corrected chi connectivity index (χ2v) is 7.53. The molecular weight excluding hydrogens is 262 g/mol. The van der Waals surface area contributed by atoms with Gasteiger partial charge in [0.05, 0.1) is 6.04 Å². The summed E-state index contributed by atoms with van der Waals surface area (Å²) in [6, 6.07) is 0.629. The lowest BCUT2D eigenvalue weighted by atomic mass is 9.84. The van der Waals surface area contributed by atoms with E-state index in [0.717, 1.165) is 19.3 Å². The number of hydrogen-bond donors (Lipinski definition) is 0. The van der Waals surface area contributed by atoms with Crippen LogP contribution in [-0.2, 0) is 4.74 Å². The van der Waals surface area contributed by atoms with Crippen molar-refractivity contribution in [3.05, 3.63) is 11.6 Å². The van der Waals surface area contributed by atoms with Crippen LogP contribution >= 0.6 is 0 Å². The Bertz CT molecular complexity index is 395. The van der Waals surface area contributed by atoms with Crippen molar-refractivity contribution in [3.63, 3.8) is 0 Å². The smallest absolute Gasteiger partial charge is 0.411 e. The number of unbranched alkanes of at least 4 members (excludes halogenated alkanes) is 2. The molecule has 2 aliphatic rings. The minimum absolute atomic E-state index is 0.124. The van der Waals surface area contributed by atoms with Crippen LogP contribution in [0.1, 0.15) is 79.1 Å². The number of carbonyl (C=O) groups is 1. The van der Waals surface area contributed by atoms with E-state index in [4.69, 9.17) is 4.74 Å². The van der Waals surface area contributed by atoms with Crippen molar-refractivity contribution in [2.45, 2.75) is 96.7 Å². The fourth-order valence-electron chi connectivity index (χ4n) is 3.50. The largest absolute Gasteiger partial charge is 0.444 e. The molecule has 0 spiro atoms. The van der Waals surface area contributed by atoms with Gasteiger partial charge in [0, 0.05) is 6.04 Å². The average Bonchev–Trinajstić information content (AvgIpc) is 2.35. The lowest BCUT2D eigenvalue weighted by Gasteiger charge is -2.45. The van der Waals surface area contributed by atoms with Crippen molar-refractivity contribution in [2.75, 3.05) is 0 Å².